The first kappa shape index (κ1) is 16.4. The second kappa shape index (κ2) is 6.98. The first-order valence-corrected chi connectivity index (χ1v) is 9.39. The second-order valence-electron chi connectivity index (χ2n) is 6.09. The predicted molar refractivity (Wildman–Crippen MR) is 94.9 cm³/mol. The molecule has 1 aliphatic heterocycles. The van der Waals surface area contributed by atoms with E-state index in [9.17, 15) is 4.79 Å². The maximum atomic E-state index is 12.3. The molecule has 0 unspecified atom stereocenters. The number of anilines is 1. The Kier molecular flexibility index (Phi) is 4.99. The molecule has 1 aromatic carbocycles. The third-order valence-corrected chi connectivity index (χ3v) is 6.07. The Balaban J connectivity index is 1.55. The van der Waals surface area contributed by atoms with Gasteiger partial charge in [0.25, 0.3) is 0 Å². The van der Waals surface area contributed by atoms with Crippen molar-refractivity contribution in [2.75, 3.05) is 18.4 Å². The van der Waals surface area contributed by atoms with Crippen molar-refractivity contribution in [3.8, 4) is 0 Å². The number of carbonyl (C=O) groups is 1. The van der Waals surface area contributed by atoms with Gasteiger partial charge in [-0.25, -0.2) is 0 Å². The minimum Gasteiger partial charge on any atom is -0.316 e. The number of aryl methyl sites for hydroxylation is 1. The van der Waals surface area contributed by atoms with Crippen molar-refractivity contribution in [3.63, 3.8) is 0 Å². The molecule has 23 heavy (non-hydrogen) atoms. The molecule has 1 amide bonds. The molecule has 0 saturated carbocycles. The van der Waals surface area contributed by atoms with Crippen LogP contribution < -0.4 is 10.6 Å². The van der Waals surface area contributed by atoms with Gasteiger partial charge in [0.1, 0.15) is 0 Å². The normalized spacial score (nSPS) is 20.6. The molecule has 1 fully saturated rings. The van der Waals surface area contributed by atoms with Gasteiger partial charge in [0.15, 0.2) is 4.34 Å². The minimum absolute atomic E-state index is 0.0220. The van der Waals surface area contributed by atoms with Crippen LogP contribution in [0.25, 0.3) is 0 Å². The van der Waals surface area contributed by atoms with Crippen LogP contribution in [0, 0.1) is 12.3 Å². The monoisotopic (exact) mass is 348 g/mol. The van der Waals surface area contributed by atoms with Crippen LogP contribution in [0.3, 0.4) is 0 Å². The van der Waals surface area contributed by atoms with Gasteiger partial charge in [-0.2, -0.15) is 0 Å². The molecular weight excluding hydrogens is 328 g/mol. The lowest BCUT2D eigenvalue weighted by Gasteiger charge is -2.20. The van der Waals surface area contributed by atoms with Crippen molar-refractivity contribution < 1.29 is 4.79 Å². The van der Waals surface area contributed by atoms with Gasteiger partial charge < -0.3 is 5.32 Å². The summed E-state index contributed by atoms with van der Waals surface area (Å²) in [7, 11) is 0. The average molecular weight is 348 g/mol. The van der Waals surface area contributed by atoms with Crippen molar-refractivity contribution >= 4 is 34.1 Å². The summed E-state index contributed by atoms with van der Waals surface area (Å²) in [5.74, 6) is 0.874. The van der Waals surface area contributed by atoms with Gasteiger partial charge in [-0.1, -0.05) is 52.9 Å². The van der Waals surface area contributed by atoms with Crippen LogP contribution in [0.2, 0.25) is 0 Å². The average Bonchev–Trinajstić information content (AvgIpc) is 3.17. The minimum atomic E-state index is -0.346. The smallest absolute Gasteiger partial charge is 0.233 e. The van der Waals surface area contributed by atoms with E-state index >= 15 is 0 Å². The summed E-state index contributed by atoms with van der Waals surface area (Å²) >= 11 is 3.07. The molecule has 7 heteroatoms. The molecule has 122 valence electrons. The van der Waals surface area contributed by atoms with Crippen molar-refractivity contribution in [1.82, 2.24) is 15.5 Å². The van der Waals surface area contributed by atoms with Gasteiger partial charge >= 0.3 is 0 Å². The Bertz CT molecular complexity index is 678. The quantitative estimate of drug-likeness (QED) is 0.642. The van der Waals surface area contributed by atoms with E-state index in [0.29, 0.717) is 11.7 Å². The highest BCUT2D eigenvalue weighted by Crippen LogP contribution is 2.31. The highest BCUT2D eigenvalue weighted by atomic mass is 32.2. The standard InChI is InChI=1S/C16H20N4OS2/c1-11-3-5-12(6-4-11)9-22-15-20-19-14(23-15)18-13(21)16(2)7-8-17-10-16/h3-6,17H,7-10H2,1-2H3,(H,18,19,21)/t16-/m0/s1. The van der Waals surface area contributed by atoms with E-state index in [1.165, 1.54) is 22.5 Å². The Morgan fingerprint density at radius 3 is 2.87 bits per heavy atom. The first-order chi connectivity index (χ1) is 11.0. The lowest BCUT2D eigenvalue weighted by atomic mass is 9.89. The Hall–Kier alpha value is -1.44. The number of aromatic nitrogens is 2. The van der Waals surface area contributed by atoms with Gasteiger partial charge in [0.05, 0.1) is 5.41 Å². The molecule has 2 aromatic rings. The van der Waals surface area contributed by atoms with E-state index in [-0.39, 0.29) is 11.3 Å². The summed E-state index contributed by atoms with van der Waals surface area (Å²) in [4.78, 5) is 12.3. The molecule has 5 nitrogen and oxygen atoms in total. The van der Waals surface area contributed by atoms with Crippen LogP contribution in [-0.4, -0.2) is 29.2 Å². The fourth-order valence-electron chi connectivity index (χ4n) is 2.41. The predicted octanol–water partition coefficient (Wildman–Crippen LogP) is 3.08. The molecule has 1 atom stereocenters. The number of carbonyl (C=O) groups excluding carboxylic acids is 1. The molecule has 0 aliphatic carbocycles. The van der Waals surface area contributed by atoms with E-state index < -0.39 is 0 Å². The van der Waals surface area contributed by atoms with Gasteiger partial charge in [0.2, 0.25) is 11.0 Å². The van der Waals surface area contributed by atoms with Crippen LogP contribution in [0.4, 0.5) is 5.13 Å². The zero-order valence-corrected chi connectivity index (χ0v) is 14.9. The maximum absolute atomic E-state index is 12.3. The number of benzene rings is 1. The lowest BCUT2D eigenvalue weighted by Crippen LogP contribution is -2.35. The van der Waals surface area contributed by atoms with Crippen molar-refractivity contribution in [2.24, 2.45) is 5.41 Å². The fraction of sp³-hybridized carbons (Fsp3) is 0.438. The fourth-order valence-corrected chi connectivity index (χ4v) is 4.11. The summed E-state index contributed by atoms with van der Waals surface area (Å²) in [5.41, 5.74) is 2.17. The Morgan fingerprint density at radius 1 is 1.39 bits per heavy atom. The van der Waals surface area contributed by atoms with E-state index in [0.717, 1.165) is 23.1 Å². The van der Waals surface area contributed by atoms with Gasteiger partial charge in [0, 0.05) is 12.3 Å². The number of amides is 1. The third kappa shape index (κ3) is 4.10. The molecule has 1 aliphatic rings. The number of hydrogen-bond acceptors (Lipinski definition) is 6. The molecular formula is C16H20N4OS2. The lowest BCUT2D eigenvalue weighted by molar-refractivity contribution is -0.123. The number of nitrogens with one attached hydrogen (secondary N) is 2. The van der Waals surface area contributed by atoms with Crippen LogP contribution in [0.5, 0.6) is 0 Å². The maximum Gasteiger partial charge on any atom is 0.233 e. The molecule has 0 bridgehead atoms. The van der Waals surface area contributed by atoms with E-state index in [1.54, 1.807) is 11.8 Å². The summed E-state index contributed by atoms with van der Waals surface area (Å²) in [6.45, 7) is 5.66. The number of nitrogens with zero attached hydrogens (tertiary/aromatic N) is 2. The second-order valence-corrected chi connectivity index (χ2v) is 8.29. The molecule has 1 saturated heterocycles. The third-order valence-electron chi connectivity index (χ3n) is 4.03. The van der Waals surface area contributed by atoms with Crippen LogP contribution in [0.15, 0.2) is 28.6 Å². The zero-order chi connectivity index (χ0) is 16.3. The highest BCUT2D eigenvalue weighted by molar-refractivity contribution is 8.00. The van der Waals surface area contributed by atoms with E-state index in [2.05, 4.69) is 52.0 Å². The first-order valence-electron chi connectivity index (χ1n) is 7.59. The summed E-state index contributed by atoms with van der Waals surface area (Å²) in [5, 5.41) is 14.9. The van der Waals surface area contributed by atoms with Gasteiger partial charge in [-0.05, 0) is 32.4 Å². The van der Waals surface area contributed by atoms with Crippen LogP contribution in [-0.2, 0) is 10.5 Å². The summed E-state index contributed by atoms with van der Waals surface area (Å²) in [6, 6.07) is 8.47. The highest BCUT2D eigenvalue weighted by Gasteiger charge is 2.36. The molecule has 0 radical (unpaired) electrons. The largest absolute Gasteiger partial charge is 0.316 e. The van der Waals surface area contributed by atoms with Crippen molar-refractivity contribution in [2.45, 2.75) is 30.4 Å². The molecule has 2 N–H and O–H groups in total. The summed E-state index contributed by atoms with van der Waals surface area (Å²) < 4.78 is 0.871. The Morgan fingerprint density at radius 2 is 2.17 bits per heavy atom. The van der Waals surface area contributed by atoms with Gasteiger partial charge in [-0.15, -0.1) is 10.2 Å². The van der Waals surface area contributed by atoms with Crippen molar-refractivity contribution in [1.29, 1.82) is 0 Å². The SMILES string of the molecule is Cc1ccc(CSc2nnc(NC(=O)[C@@]3(C)CCNC3)s2)cc1. The topological polar surface area (TPSA) is 66.9 Å². The Labute approximate surface area is 144 Å². The van der Waals surface area contributed by atoms with Gasteiger partial charge in [-0.3, -0.25) is 10.1 Å². The number of rotatable bonds is 5. The molecule has 3 rings (SSSR count). The molecule has 2 heterocycles. The van der Waals surface area contributed by atoms with E-state index in [1.807, 2.05) is 6.92 Å². The van der Waals surface area contributed by atoms with E-state index in [4.69, 9.17) is 0 Å². The van der Waals surface area contributed by atoms with Crippen LogP contribution >= 0.6 is 23.1 Å². The zero-order valence-electron chi connectivity index (χ0n) is 13.3. The molecule has 0 spiro atoms. The number of hydrogen-bond donors (Lipinski definition) is 2. The molecule has 1 aromatic heterocycles. The van der Waals surface area contributed by atoms with Crippen molar-refractivity contribution in [3.05, 3.63) is 35.4 Å². The van der Waals surface area contributed by atoms with Crippen LogP contribution in [0.1, 0.15) is 24.5 Å². The summed E-state index contributed by atoms with van der Waals surface area (Å²) in [6.07, 6.45) is 0.854. The number of thioether (sulfide) groups is 1.